The number of nitrogens with zero attached hydrogens (tertiary/aromatic N) is 1. The van der Waals surface area contributed by atoms with Crippen molar-refractivity contribution in [2.45, 2.75) is 22.1 Å². The molecule has 10 heteroatoms. The molecule has 0 amide bonds. The molecule has 1 aromatic heterocycles. The predicted molar refractivity (Wildman–Crippen MR) is 132 cm³/mol. The van der Waals surface area contributed by atoms with E-state index in [1.54, 1.807) is 18.2 Å². The highest BCUT2D eigenvalue weighted by atomic mass is 35.5. The van der Waals surface area contributed by atoms with Crippen LogP contribution in [0.25, 0.3) is 10.4 Å². The minimum atomic E-state index is -4.02. The Morgan fingerprint density at radius 1 is 1.06 bits per heavy atom. The number of hydrogen-bond donors (Lipinski definition) is 2. The molecule has 2 N–H and O–H groups in total. The molecule has 1 aliphatic heterocycles. The second kappa shape index (κ2) is 8.98. The zero-order valence-electron chi connectivity index (χ0n) is 18.1. The maximum atomic E-state index is 13.1. The number of carbonyl (C=O) groups is 1. The minimum Gasteiger partial charge on any atom is -0.480 e. The van der Waals surface area contributed by atoms with Crippen LogP contribution in [0.5, 0.6) is 0 Å². The molecule has 34 heavy (non-hydrogen) atoms. The highest BCUT2D eigenvalue weighted by molar-refractivity contribution is 7.91. The SMILES string of the molecule is O=C(O)[C@@]1(NS(=O)(=O)c2ccc(-c3ccc(Cl)cc3)s2)C[C@H]1c1ccc(N2CCOCC2)cc1. The zero-order chi connectivity index (χ0) is 23.9. The summed E-state index contributed by atoms with van der Waals surface area (Å²) in [6, 6.07) is 18.0. The number of ether oxygens (including phenoxy) is 1. The van der Waals surface area contributed by atoms with E-state index < -0.39 is 27.4 Å². The van der Waals surface area contributed by atoms with Gasteiger partial charge in [0.1, 0.15) is 9.75 Å². The van der Waals surface area contributed by atoms with Crippen LogP contribution < -0.4 is 9.62 Å². The second-order valence-corrected chi connectivity index (χ2v) is 11.9. The topological polar surface area (TPSA) is 95.9 Å². The number of nitrogens with one attached hydrogen (secondary N) is 1. The molecule has 2 aliphatic rings. The van der Waals surface area contributed by atoms with Gasteiger partial charge in [-0.15, -0.1) is 11.3 Å². The standard InChI is InChI=1S/C24H23ClN2O5S2/c25-18-5-1-17(2-6-18)21-9-10-22(33-21)34(30,31)26-24(23(28)29)15-20(24)16-3-7-19(8-4-16)27-11-13-32-14-12-27/h1-10,20,26H,11-15H2,(H,28,29)/t20-,24+/m0/s1. The van der Waals surface area contributed by atoms with Crippen molar-refractivity contribution in [3.63, 3.8) is 0 Å². The molecule has 3 aromatic rings. The van der Waals surface area contributed by atoms with Gasteiger partial charge >= 0.3 is 5.97 Å². The molecular formula is C24H23ClN2O5S2. The van der Waals surface area contributed by atoms with Crippen molar-refractivity contribution in [2.24, 2.45) is 0 Å². The third kappa shape index (κ3) is 4.46. The molecule has 5 rings (SSSR count). The lowest BCUT2D eigenvalue weighted by atomic mass is 10.1. The first-order valence-corrected chi connectivity index (χ1v) is 13.5. The number of hydrogen-bond acceptors (Lipinski definition) is 6. The molecule has 0 bridgehead atoms. The summed E-state index contributed by atoms with van der Waals surface area (Å²) in [5.74, 6) is -1.61. The highest BCUT2D eigenvalue weighted by Gasteiger charge is 2.63. The van der Waals surface area contributed by atoms with E-state index in [-0.39, 0.29) is 10.6 Å². The lowest BCUT2D eigenvalue weighted by molar-refractivity contribution is -0.140. The molecule has 178 valence electrons. The number of carboxylic acid groups (broad SMARTS) is 1. The van der Waals surface area contributed by atoms with E-state index in [1.807, 2.05) is 36.4 Å². The first-order valence-electron chi connectivity index (χ1n) is 10.8. The van der Waals surface area contributed by atoms with Gasteiger partial charge in [0.2, 0.25) is 0 Å². The maximum absolute atomic E-state index is 13.1. The van der Waals surface area contributed by atoms with Crippen LogP contribution in [-0.2, 0) is 19.6 Å². The first kappa shape index (κ1) is 23.3. The normalized spacial score (nSPS) is 22.5. The van der Waals surface area contributed by atoms with E-state index in [0.717, 1.165) is 46.1 Å². The number of sulfonamides is 1. The van der Waals surface area contributed by atoms with Crippen LogP contribution in [0.2, 0.25) is 5.02 Å². The lowest BCUT2D eigenvalue weighted by Crippen LogP contribution is -2.44. The summed E-state index contributed by atoms with van der Waals surface area (Å²) in [7, 11) is -4.02. The Labute approximate surface area is 207 Å². The molecule has 0 radical (unpaired) electrons. The van der Waals surface area contributed by atoms with Crippen LogP contribution in [0.1, 0.15) is 17.9 Å². The summed E-state index contributed by atoms with van der Waals surface area (Å²) < 4.78 is 34.2. The van der Waals surface area contributed by atoms with Crippen LogP contribution >= 0.6 is 22.9 Å². The fourth-order valence-corrected chi connectivity index (χ4v) is 7.16. The van der Waals surface area contributed by atoms with E-state index in [9.17, 15) is 18.3 Å². The number of benzene rings is 2. The summed E-state index contributed by atoms with van der Waals surface area (Å²) in [5, 5.41) is 10.5. The van der Waals surface area contributed by atoms with Crippen molar-refractivity contribution < 1.29 is 23.1 Å². The molecule has 2 atom stereocenters. The molecule has 7 nitrogen and oxygen atoms in total. The molecule has 1 saturated carbocycles. The third-order valence-corrected chi connectivity index (χ3v) is 9.69. The molecule has 0 unspecified atom stereocenters. The van der Waals surface area contributed by atoms with Crippen LogP contribution in [0.15, 0.2) is 64.9 Å². The number of carboxylic acids is 1. The van der Waals surface area contributed by atoms with Gasteiger partial charge in [-0.2, -0.15) is 4.72 Å². The molecular weight excluding hydrogens is 496 g/mol. The van der Waals surface area contributed by atoms with Crippen LogP contribution in [-0.4, -0.2) is 51.3 Å². The lowest BCUT2D eigenvalue weighted by Gasteiger charge is -2.29. The molecule has 0 spiro atoms. The Morgan fingerprint density at radius 3 is 2.38 bits per heavy atom. The van der Waals surface area contributed by atoms with Crippen molar-refractivity contribution >= 4 is 44.6 Å². The van der Waals surface area contributed by atoms with Crippen molar-refractivity contribution in [1.29, 1.82) is 0 Å². The van der Waals surface area contributed by atoms with E-state index in [2.05, 4.69) is 9.62 Å². The molecule has 1 saturated heterocycles. The van der Waals surface area contributed by atoms with Gasteiger partial charge in [-0.1, -0.05) is 35.9 Å². The van der Waals surface area contributed by atoms with Gasteiger partial charge in [0.25, 0.3) is 10.0 Å². The van der Waals surface area contributed by atoms with Crippen molar-refractivity contribution in [2.75, 3.05) is 31.2 Å². The zero-order valence-corrected chi connectivity index (χ0v) is 20.5. The van der Waals surface area contributed by atoms with Gasteiger partial charge < -0.3 is 14.7 Å². The number of halogens is 1. The Kier molecular flexibility index (Phi) is 6.16. The second-order valence-electron chi connectivity index (χ2n) is 8.46. The quantitative estimate of drug-likeness (QED) is 0.487. The summed E-state index contributed by atoms with van der Waals surface area (Å²) >= 11 is 7.02. The third-order valence-electron chi connectivity index (χ3n) is 6.31. The Morgan fingerprint density at radius 2 is 1.74 bits per heavy atom. The Balaban J connectivity index is 1.34. The molecule has 2 aromatic carbocycles. The summed E-state index contributed by atoms with van der Waals surface area (Å²) in [6.45, 7) is 2.97. The number of aliphatic carboxylic acids is 1. The van der Waals surface area contributed by atoms with Crippen molar-refractivity contribution in [3.8, 4) is 10.4 Å². The van der Waals surface area contributed by atoms with Crippen LogP contribution in [0.3, 0.4) is 0 Å². The number of rotatable bonds is 7. The molecule has 2 fully saturated rings. The van der Waals surface area contributed by atoms with Gasteiger partial charge in [-0.3, -0.25) is 4.79 Å². The fourth-order valence-electron chi connectivity index (χ4n) is 4.32. The van der Waals surface area contributed by atoms with E-state index in [0.29, 0.717) is 18.2 Å². The monoisotopic (exact) mass is 518 g/mol. The smallest absolute Gasteiger partial charge is 0.325 e. The average molecular weight is 519 g/mol. The fraction of sp³-hybridized carbons (Fsp3) is 0.292. The number of thiophene rings is 1. The van der Waals surface area contributed by atoms with Gasteiger partial charge in [0.15, 0.2) is 0 Å². The Hall–Kier alpha value is -2.43. The van der Waals surface area contributed by atoms with Crippen molar-refractivity contribution in [1.82, 2.24) is 4.72 Å². The summed E-state index contributed by atoms with van der Waals surface area (Å²) in [5.41, 5.74) is 1.13. The maximum Gasteiger partial charge on any atom is 0.325 e. The van der Waals surface area contributed by atoms with Crippen LogP contribution in [0, 0.1) is 0 Å². The summed E-state index contributed by atoms with van der Waals surface area (Å²) in [4.78, 5) is 15.2. The van der Waals surface area contributed by atoms with E-state index >= 15 is 0 Å². The van der Waals surface area contributed by atoms with Gasteiger partial charge in [-0.05, 0) is 53.9 Å². The van der Waals surface area contributed by atoms with Gasteiger partial charge in [0, 0.05) is 34.6 Å². The number of anilines is 1. The molecule has 2 heterocycles. The van der Waals surface area contributed by atoms with Gasteiger partial charge in [0.05, 0.1) is 13.2 Å². The number of morpholine rings is 1. The molecule has 1 aliphatic carbocycles. The predicted octanol–water partition coefficient (Wildman–Crippen LogP) is 4.19. The Bertz CT molecular complexity index is 1300. The highest BCUT2D eigenvalue weighted by Crippen LogP contribution is 2.53. The first-order chi connectivity index (χ1) is 16.3. The van der Waals surface area contributed by atoms with Crippen molar-refractivity contribution in [3.05, 3.63) is 71.2 Å². The average Bonchev–Trinajstić information content (AvgIpc) is 3.33. The van der Waals surface area contributed by atoms with E-state index in [4.69, 9.17) is 16.3 Å². The van der Waals surface area contributed by atoms with E-state index in [1.165, 1.54) is 6.07 Å². The van der Waals surface area contributed by atoms with Gasteiger partial charge in [-0.25, -0.2) is 8.42 Å². The van der Waals surface area contributed by atoms with Crippen LogP contribution in [0.4, 0.5) is 5.69 Å². The summed E-state index contributed by atoms with van der Waals surface area (Å²) in [6.07, 6.45) is 0.202. The largest absolute Gasteiger partial charge is 0.480 e. The minimum absolute atomic E-state index is 0.0754.